The second-order valence-corrected chi connectivity index (χ2v) is 11.1. The summed E-state index contributed by atoms with van der Waals surface area (Å²) >= 11 is 0. The summed E-state index contributed by atoms with van der Waals surface area (Å²) in [6.07, 6.45) is 5.14. The molecule has 2 aromatic carbocycles. The highest BCUT2D eigenvalue weighted by Crippen LogP contribution is 2.39. The molecular weight excluding hydrogens is 504 g/mol. The van der Waals surface area contributed by atoms with Crippen molar-refractivity contribution in [3.05, 3.63) is 75.7 Å². The Labute approximate surface area is 234 Å². The normalized spacial score (nSPS) is 15.2. The third-order valence-corrected chi connectivity index (χ3v) is 8.09. The highest BCUT2D eigenvalue weighted by atomic mass is 16.5. The number of nitrogens with zero attached hydrogens (tertiary/aromatic N) is 5. The zero-order valence-corrected chi connectivity index (χ0v) is 23.8. The SMILES string of the molecule is CCCCc1c(Cc2ccc(-c3ccccc3-c3nn[nH]n3)cc2)c(=O)n2n1CCCC2C(C)(C)C(=O)OCC. The Morgan fingerprint density at radius 1 is 1.10 bits per heavy atom. The van der Waals surface area contributed by atoms with Crippen molar-refractivity contribution in [1.29, 1.82) is 0 Å². The lowest BCUT2D eigenvalue weighted by Crippen LogP contribution is -2.44. The quantitative estimate of drug-likeness (QED) is 0.271. The first kappa shape index (κ1) is 27.6. The van der Waals surface area contributed by atoms with E-state index in [0.717, 1.165) is 72.2 Å². The number of esters is 1. The fraction of sp³-hybridized carbons (Fsp3) is 0.452. The van der Waals surface area contributed by atoms with E-state index in [-0.39, 0.29) is 17.6 Å². The lowest BCUT2D eigenvalue weighted by Gasteiger charge is -2.37. The largest absolute Gasteiger partial charge is 0.466 e. The molecule has 3 heterocycles. The highest BCUT2D eigenvalue weighted by Gasteiger charge is 2.43. The number of nitrogens with one attached hydrogen (secondary N) is 1. The molecule has 2 aromatic heterocycles. The van der Waals surface area contributed by atoms with Crippen LogP contribution in [0.2, 0.25) is 0 Å². The summed E-state index contributed by atoms with van der Waals surface area (Å²) in [6, 6.07) is 16.1. The van der Waals surface area contributed by atoms with Gasteiger partial charge in [0.1, 0.15) is 0 Å². The number of rotatable bonds is 10. The molecule has 0 aliphatic carbocycles. The van der Waals surface area contributed by atoms with Crippen LogP contribution in [0.15, 0.2) is 53.3 Å². The molecule has 0 radical (unpaired) electrons. The highest BCUT2D eigenvalue weighted by molar-refractivity contribution is 5.80. The number of ether oxygens (including phenoxy) is 1. The molecule has 1 atom stereocenters. The van der Waals surface area contributed by atoms with Crippen LogP contribution in [-0.4, -0.2) is 42.6 Å². The summed E-state index contributed by atoms with van der Waals surface area (Å²) in [7, 11) is 0. The van der Waals surface area contributed by atoms with Crippen molar-refractivity contribution in [2.45, 2.75) is 78.8 Å². The molecule has 40 heavy (non-hydrogen) atoms. The summed E-state index contributed by atoms with van der Waals surface area (Å²) in [4.78, 5) is 27.0. The number of hydrogen-bond acceptors (Lipinski definition) is 6. The number of benzene rings is 2. The van der Waals surface area contributed by atoms with Gasteiger partial charge >= 0.3 is 5.97 Å². The van der Waals surface area contributed by atoms with Crippen LogP contribution in [0, 0.1) is 5.41 Å². The van der Waals surface area contributed by atoms with Crippen molar-refractivity contribution in [2.75, 3.05) is 6.61 Å². The van der Waals surface area contributed by atoms with E-state index in [0.29, 0.717) is 18.9 Å². The number of tetrazole rings is 1. The summed E-state index contributed by atoms with van der Waals surface area (Å²) in [5.41, 5.74) is 5.17. The van der Waals surface area contributed by atoms with Crippen LogP contribution >= 0.6 is 0 Å². The number of aromatic nitrogens is 6. The maximum Gasteiger partial charge on any atom is 0.313 e. The average Bonchev–Trinajstić information content (AvgIpc) is 3.60. The van der Waals surface area contributed by atoms with Gasteiger partial charge in [-0.1, -0.05) is 61.9 Å². The van der Waals surface area contributed by atoms with E-state index in [9.17, 15) is 9.59 Å². The van der Waals surface area contributed by atoms with Crippen LogP contribution in [0.3, 0.4) is 0 Å². The Bertz CT molecular complexity index is 1520. The van der Waals surface area contributed by atoms with Crippen LogP contribution in [0.5, 0.6) is 0 Å². The van der Waals surface area contributed by atoms with E-state index in [2.05, 4.69) is 56.5 Å². The Morgan fingerprint density at radius 2 is 1.85 bits per heavy atom. The van der Waals surface area contributed by atoms with Crippen molar-refractivity contribution in [1.82, 2.24) is 30.0 Å². The van der Waals surface area contributed by atoms with Crippen LogP contribution in [0.4, 0.5) is 0 Å². The number of H-pyrrole nitrogens is 1. The van der Waals surface area contributed by atoms with E-state index < -0.39 is 5.41 Å². The molecular formula is C31H38N6O3. The molecule has 0 amide bonds. The molecule has 5 rings (SSSR count). The van der Waals surface area contributed by atoms with Gasteiger partial charge in [0.2, 0.25) is 5.82 Å². The number of aromatic amines is 1. The van der Waals surface area contributed by atoms with Crippen LogP contribution < -0.4 is 5.56 Å². The molecule has 1 unspecified atom stereocenters. The molecule has 0 bridgehead atoms. The zero-order valence-electron chi connectivity index (χ0n) is 23.8. The number of unbranched alkanes of at least 4 members (excludes halogenated alkanes) is 1. The molecule has 9 nitrogen and oxygen atoms in total. The minimum Gasteiger partial charge on any atom is -0.466 e. The maximum absolute atomic E-state index is 14.1. The monoisotopic (exact) mass is 542 g/mol. The number of carbonyl (C=O) groups is 1. The molecule has 4 aromatic rings. The number of carbonyl (C=O) groups excluding carboxylic acids is 1. The standard InChI is InChI=1S/C31H38N6O3/c1-5-7-13-26-25(29(38)37-27(14-10-19-36(26)37)31(3,4)30(39)40-6-2)20-21-15-17-22(18-16-21)23-11-8-9-12-24(23)28-32-34-35-33-28/h8-9,11-12,15-18,27H,5-7,10,13-14,19-20H2,1-4H3,(H,32,33,34,35). The second-order valence-electron chi connectivity index (χ2n) is 11.1. The van der Waals surface area contributed by atoms with Gasteiger partial charge in [0.05, 0.1) is 18.1 Å². The van der Waals surface area contributed by atoms with E-state index in [1.165, 1.54) is 0 Å². The molecule has 1 aliphatic heterocycles. The fourth-order valence-electron chi connectivity index (χ4n) is 5.90. The van der Waals surface area contributed by atoms with Crippen LogP contribution in [0.25, 0.3) is 22.5 Å². The van der Waals surface area contributed by atoms with Gasteiger partial charge in [-0.25, -0.2) is 4.68 Å². The van der Waals surface area contributed by atoms with Crippen molar-refractivity contribution in [2.24, 2.45) is 5.41 Å². The number of hydrogen-bond donors (Lipinski definition) is 1. The van der Waals surface area contributed by atoms with Gasteiger partial charge in [0.25, 0.3) is 5.56 Å². The van der Waals surface area contributed by atoms with E-state index in [4.69, 9.17) is 4.74 Å². The zero-order chi connectivity index (χ0) is 28.3. The van der Waals surface area contributed by atoms with Gasteiger partial charge in [-0.2, -0.15) is 5.21 Å². The molecule has 0 fully saturated rings. The van der Waals surface area contributed by atoms with Gasteiger partial charge in [-0.15, -0.1) is 10.2 Å². The minimum absolute atomic E-state index is 0.0136. The van der Waals surface area contributed by atoms with Gasteiger partial charge < -0.3 is 4.74 Å². The summed E-state index contributed by atoms with van der Waals surface area (Å²) in [5, 5.41) is 14.5. The third-order valence-electron chi connectivity index (χ3n) is 8.09. The Hall–Kier alpha value is -4.01. The van der Waals surface area contributed by atoms with Crippen LogP contribution in [-0.2, 0) is 28.9 Å². The Balaban J connectivity index is 1.50. The lowest BCUT2D eigenvalue weighted by molar-refractivity contribution is -0.157. The van der Waals surface area contributed by atoms with E-state index >= 15 is 0 Å². The fourth-order valence-corrected chi connectivity index (χ4v) is 5.90. The van der Waals surface area contributed by atoms with Crippen molar-refractivity contribution in [3.8, 4) is 22.5 Å². The van der Waals surface area contributed by atoms with Gasteiger partial charge in [-0.3, -0.25) is 14.3 Å². The first-order valence-electron chi connectivity index (χ1n) is 14.3. The lowest BCUT2D eigenvalue weighted by atomic mass is 9.81. The summed E-state index contributed by atoms with van der Waals surface area (Å²) < 4.78 is 9.45. The molecule has 0 spiro atoms. The minimum atomic E-state index is -0.802. The topological polar surface area (TPSA) is 108 Å². The van der Waals surface area contributed by atoms with Gasteiger partial charge in [-0.05, 0) is 68.4 Å². The first-order chi connectivity index (χ1) is 19.4. The first-order valence-corrected chi connectivity index (χ1v) is 14.3. The average molecular weight is 543 g/mol. The Morgan fingerprint density at radius 3 is 2.52 bits per heavy atom. The van der Waals surface area contributed by atoms with Crippen LogP contribution in [0.1, 0.15) is 76.2 Å². The molecule has 0 saturated carbocycles. The molecule has 9 heteroatoms. The molecule has 1 aliphatic rings. The third kappa shape index (κ3) is 5.12. The van der Waals surface area contributed by atoms with E-state index in [1.54, 1.807) is 0 Å². The van der Waals surface area contributed by atoms with Crippen molar-refractivity contribution >= 4 is 5.97 Å². The Kier molecular flexibility index (Phi) is 8.00. The molecule has 1 N–H and O–H groups in total. The smallest absolute Gasteiger partial charge is 0.313 e. The molecule has 210 valence electrons. The maximum atomic E-state index is 14.1. The van der Waals surface area contributed by atoms with Crippen molar-refractivity contribution < 1.29 is 9.53 Å². The van der Waals surface area contributed by atoms with Gasteiger partial charge in [0, 0.05) is 29.8 Å². The number of fused-ring (bicyclic) bond motifs is 1. The second kappa shape index (κ2) is 11.6. The summed E-state index contributed by atoms with van der Waals surface area (Å²) in [6.45, 7) is 8.91. The summed E-state index contributed by atoms with van der Waals surface area (Å²) in [5.74, 6) is 0.294. The predicted molar refractivity (Wildman–Crippen MR) is 154 cm³/mol. The van der Waals surface area contributed by atoms with Gasteiger partial charge in [0.15, 0.2) is 0 Å². The molecule has 0 saturated heterocycles. The van der Waals surface area contributed by atoms with Crippen molar-refractivity contribution in [3.63, 3.8) is 0 Å². The van der Waals surface area contributed by atoms with E-state index in [1.807, 2.05) is 49.7 Å². The predicted octanol–water partition coefficient (Wildman–Crippen LogP) is 5.35.